The number of hydrogen-bond acceptors (Lipinski definition) is 7. The molecule has 0 bridgehead atoms. The van der Waals surface area contributed by atoms with Crippen LogP contribution >= 0.6 is 0 Å². The zero-order valence-corrected chi connectivity index (χ0v) is 28.1. The average Bonchev–Trinajstić information content (AvgIpc) is 3.88. The van der Waals surface area contributed by atoms with Crippen LogP contribution in [0.25, 0.3) is 0 Å². The number of nitrogens with zero attached hydrogens (tertiary/aromatic N) is 4. The van der Waals surface area contributed by atoms with E-state index in [0.29, 0.717) is 41.5 Å². The first-order valence-electron chi connectivity index (χ1n) is 16.5. The van der Waals surface area contributed by atoms with Crippen LogP contribution in [0, 0.1) is 25.7 Å². The predicted octanol–water partition coefficient (Wildman–Crippen LogP) is 7.20. The number of carboxylic acids is 1. The van der Waals surface area contributed by atoms with Gasteiger partial charge in [-0.25, -0.2) is 9.97 Å². The van der Waals surface area contributed by atoms with Gasteiger partial charge >= 0.3 is 5.97 Å². The molecule has 1 atom stereocenters. The first kappa shape index (κ1) is 33.2. The Morgan fingerprint density at radius 2 is 1.80 bits per heavy atom. The van der Waals surface area contributed by atoms with E-state index in [1.54, 1.807) is 13.3 Å². The molecule has 1 aliphatic heterocycles. The number of piperidine rings is 1. The van der Waals surface area contributed by atoms with Gasteiger partial charge in [0, 0.05) is 42.7 Å². The number of aliphatic carboxylic acids is 1. The average molecular weight is 629 g/mol. The first-order valence-corrected chi connectivity index (χ1v) is 16.5. The van der Waals surface area contributed by atoms with Crippen LogP contribution < -0.4 is 19.3 Å². The fourth-order valence-corrected chi connectivity index (χ4v) is 6.50. The number of aromatic nitrogens is 2. The SMILES string of the molecule is CCC(C)(C)N(C(=O)c1ccc(OC)cc1N1CCC(COc2cc(C(CC(=O)O)C3CC3)ccn2)CC1)c1cc(C)cc(C)n1. The zero-order chi connectivity index (χ0) is 33.0. The molecule has 1 N–H and O–H groups in total. The molecule has 1 saturated carbocycles. The lowest BCUT2D eigenvalue weighted by atomic mass is 9.92. The molecule has 0 radical (unpaired) electrons. The third kappa shape index (κ3) is 7.80. The summed E-state index contributed by atoms with van der Waals surface area (Å²) in [6, 6.07) is 13.6. The number of rotatable bonds is 13. The van der Waals surface area contributed by atoms with Gasteiger partial charge in [-0.05, 0) is 119 Å². The quantitative estimate of drug-likeness (QED) is 0.212. The summed E-state index contributed by atoms with van der Waals surface area (Å²) < 4.78 is 11.8. The lowest BCUT2D eigenvalue weighted by Crippen LogP contribution is -2.49. The molecule has 5 rings (SSSR count). The Bertz CT molecular complexity index is 1520. The summed E-state index contributed by atoms with van der Waals surface area (Å²) in [4.78, 5) is 39.3. The van der Waals surface area contributed by atoms with Gasteiger partial charge in [-0.2, -0.15) is 0 Å². The van der Waals surface area contributed by atoms with Crippen LogP contribution in [0.15, 0.2) is 48.7 Å². The van der Waals surface area contributed by atoms with Crippen molar-refractivity contribution in [3.8, 4) is 11.6 Å². The highest BCUT2D eigenvalue weighted by atomic mass is 16.5. The summed E-state index contributed by atoms with van der Waals surface area (Å²) >= 11 is 0. The fraction of sp³-hybridized carbons (Fsp3) is 0.514. The Morgan fingerprint density at radius 1 is 1.07 bits per heavy atom. The molecule has 1 unspecified atom stereocenters. The lowest BCUT2D eigenvalue weighted by molar-refractivity contribution is -0.137. The maximum Gasteiger partial charge on any atom is 0.303 e. The Kier molecular flexibility index (Phi) is 10.2. The van der Waals surface area contributed by atoms with Gasteiger partial charge in [0.25, 0.3) is 5.91 Å². The molecule has 3 heterocycles. The number of amides is 1. The van der Waals surface area contributed by atoms with Crippen LogP contribution in [0.4, 0.5) is 11.5 Å². The summed E-state index contributed by atoms with van der Waals surface area (Å²) in [7, 11) is 1.65. The topological polar surface area (TPSA) is 105 Å². The number of aryl methyl sites for hydroxylation is 2. The Hall–Kier alpha value is -4.14. The second-order valence-electron chi connectivity index (χ2n) is 13.5. The molecule has 246 valence electrons. The van der Waals surface area contributed by atoms with Crippen molar-refractivity contribution < 1.29 is 24.2 Å². The van der Waals surface area contributed by atoms with Crippen LogP contribution in [0.2, 0.25) is 0 Å². The maximum absolute atomic E-state index is 14.5. The first-order chi connectivity index (χ1) is 22.0. The van der Waals surface area contributed by atoms with Crippen molar-refractivity contribution >= 4 is 23.4 Å². The van der Waals surface area contributed by atoms with Gasteiger partial charge in [0.2, 0.25) is 5.88 Å². The monoisotopic (exact) mass is 628 g/mol. The number of carboxylic acid groups (broad SMARTS) is 1. The van der Waals surface area contributed by atoms with E-state index in [9.17, 15) is 14.7 Å². The lowest BCUT2D eigenvalue weighted by Gasteiger charge is -2.39. The fourth-order valence-electron chi connectivity index (χ4n) is 6.50. The summed E-state index contributed by atoms with van der Waals surface area (Å²) in [5, 5.41) is 9.41. The highest BCUT2D eigenvalue weighted by molar-refractivity contribution is 6.10. The number of carbonyl (C=O) groups is 2. The smallest absolute Gasteiger partial charge is 0.303 e. The Labute approximate surface area is 273 Å². The molecule has 2 fully saturated rings. The van der Waals surface area contributed by atoms with Gasteiger partial charge in [0.05, 0.1) is 31.4 Å². The molecule has 1 aliphatic carbocycles. The Morgan fingerprint density at radius 3 is 2.43 bits per heavy atom. The normalized spacial score (nSPS) is 16.2. The van der Waals surface area contributed by atoms with Gasteiger partial charge < -0.3 is 19.5 Å². The van der Waals surface area contributed by atoms with Gasteiger partial charge in [-0.1, -0.05) is 6.92 Å². The summed E-state index contributed by atoms with van der Waals surface area (Å²) in [5.74, 6) is 1.85. The van der Waals surface area contributed by atoms with Gasteiger partial charge in [0.1, 0.15) is 11.6 Å². The predicted molar refractivity (Wildman–Crippen MR) is 180 cm³/mol. The maximum atomic E-state index is 14.5. The summed E-state index contributed by atoms with van der Waals surface area (Å²) in [6.45, 7) is 12.3. The van der Waals surface area contributed by atoms with Gasteiger partial charge in [-0.15, -0.1) is 0 Å². The molecule has 1 aromatic carbocycles. The number of methoxy groups -OCH3 is 1. The van der Waals surface area contributed by atoms with Crippen LogP contribution in [-0.2, 0) is 4.79 Å². The van der Waals surface area contributed by atoms with E-state index >= 15 is 0 Å². The van der Waals surface area contributed by atoms with Crippen molar-refractivity contribution in [3.05, 3.63) is 71.0 Å². The molecule has 46 heavy (non-hydrogen) atoms. The van der Waals surface area contributed by atoms with Crippen molar-refractivity contribution in [1.82, 2.24) is 9.97 Å². The highest BCUT2D eigenvalue weighted by Gasteiger charge is 2.36. The molecule has 2 aromatic heterocycles. The van der Waals surface area contributed by atoms with E-state index in [-0.39, 0.29) is 18.2 Å². The minimum absolute atomic E-state index is 0.00963. The molecular formula is C37H48N4O5. The third-order valence-electron chi connectivity index (χ3n) is 9.62. The number of hydrogen-bond donors (Lipinski definition) is 1. The number of ether oxygens (including phenoxy) is 2. The molecule has 0 spiro atoms. The summed E-state index contributed by atoms with van der Waals surface area (Å²) in [6.07, 6.45) is 6.58. The molecule has 2 aliphatic rings. The number of anilines is 2. The van der Waals surface area contributed by atoms with Crippen LogP contribution in [-0.4, -0.2) is 59.3 Å². The van der Waals surface area contributed by atoms with Crippen LogP contribution in [0.3, 0.4) is 0 Å². The number of carbonyl (C=O) groups excluding carboxylic acids is 1. The van der Waals surface area contributed by atoms with Crippen molar-refractivity contribution in [2.24, 2.45) is 11.8 Å². The third-order valence-corrected chi connectivity index (χ3v) is 9.62. The molecule has 9 nitrogen and oxygen atoms in total. The minimum Gasteiger partial charge on any atom is -0.497 e. The zero-order valence-electron chi connectivity index (χ0n) is 28.1. The molecule has 3 aromatic rings. The number of pyridine rings is 2. The molecular weight excluding hydrogens is 580 g/mol. The minimum atomic E-state index is -0.771. The second kappa shape index (κ2) is 14.1. The van der Waals surface area contributed by atoms with Crippen molar-refractivity contribution in [1.29, 1.82) is 0 Å². The number of benzene rings is 1. The second-order valence-corrected chi connectivity index (χ2v) is 13.5. The van der Waals surface area contributed by atoms with E-state index in [2.05, 4.69) is 30.7 Å². The van der Waals surface area contributed by atoms with Crippen LogP contribution in [0.1, 0.15) is 92.4 Å². The van der Waals surface area contributed by atoms with E-state index in [0.717, 1.165) is 67.7 Å². The molecule has 1 amide bonds. The largest absolute Gasteiger partial charge is 0.497 e. The molecule has 9 heteroatoms. The standard InChI is InChI=1S/C37H48N4O5/c1-7-37(4,5)41(33-19-24(2)18-25(3)39-33)36(44)30-11-10-29(45-6)21-32(30)40-16-13-26(14-17-40)23-46-34-20-28(12-15-38-34)31(22-35(42)43)27-8-9-27/h10-12,15,18-21,26-27,31H,7-9,13-14,16-17,22-23H2,1-6H3,(H,42,43). The van der Waals surface area contributed by atoms with Crippen molar-refractivity contribution in [3.63, 3.8) is 0 Å². The van der Waals surface area contributed by atoms with E-state index in [1.165, 1.54) is 0 Å². The van der Waals surface area contributed by atoms with E-state index in [4.69, 9.17) is 14.5 Å². The Balaban J connectivity index is 1.30. The van der Waals surface area contributed by atoms with Crippen LogP contribution in [0.5, 0.6) is 11.6 Å². The van der Waals surface area contributed by atoms with E-state index < -0.39 is 11.5 Å². The van der Waals surface area contributed by atoms with E-state index in [1.807, 2.05) is 61.2 Å². The molecule has 1 saturated heterocycles. The van der Waals surface area contributed by atoms with Gasteiger partial charge in [0.15, 0.2) is 0 Å². The van der Waals surface area contributed by atoms with Gasteiger partial charge in [-0.3, -0.25) is 14.5 Å². The van der Waals surface area contributed by atoms with Crippen molar-refractivity contribution in [2.75, 3.05) is 36.6 Å². The summed E-state index contributed by atoms with van der Waals surface area (Å²) in [5.41, 5.74) is 3.98. The highest BCUT2D eigenvalue weighted by Crippen LogP contribution is 2.45. The van der Waals surface area contributed by atoms with Crippen molar-refractivity contribution in [2.45, 2.75) is 84.6 Å².